The van der Waals surface area contributed by atoms with Crippen LogP contribution in [-0.4, -0.2) is 10.2 Å². The predicted molar refractivity (Wildman–Crippen MR) is 67.1 cm³/mol. The number of ether oxygens (including phenoxy) is 1. The van der Waals surface area contributed by atoms with E-state index in [1.54, 1.807) is 6.92 Å². The van der Waals surface area contributed by atoms with Crippen molar-refractivity contribution in [3.63, 3.8) is 0 Å². The molecule has 1 aromatic carbocycles. The Kier molecular flexibility index (Phi) is 3.62. The van der Waals surface area contributed by atoms with E-state index in [4.69, 9.17) is 14.9 Å². The van der Waals surface area contributed by atoms with Crippen molar-refractivity contribution in [1.82, 2.24) is 10.2 Å². The number of hydrogen-bond acceptors (Lipinski definition) is 5. The highest BCUT2D eigenvalue weighted by atomic mass is 16.5. The maximum absolute atomic E-state index is 5.66. The molecule has 0 aliphatic rings. The molecule has 0 spiro atoms. The number of aryl methyl sites for hydroxylation is 1. The van der Waals surface area contributed by atoms with Crippen LogP contribution in [0, 0.1) is 13.8 Å². The van der Waals surface area contributed by atoms with Crippen molar-refractivity contribution >= 4 is 0 Å². The summed E-state index contributed by atoms with van der Waals surface area (Å²) >= 11 is 0. The summed E-state index contributed by atoms with van der Waals surface area (Å²) in [6.07, 6.45) is 0. The molecule has 1 unspecified atom stereocenters. The van der Waals surface area contributed by atoms with Gasteiger partial charge in [0.05, 0.1) is 6.04 Å². The molecule has 2 rings (SSSR count). The number of hydrogen-bond donors (Lipinski definition) is 1. The van der Waals surface area contributed by atoms with Gasteiger partial charge in [-0.3, -0.25) is 0 Å². The molecule has 0 saturated carbocycles. The molecule has 1 atom stereocenters. The molecule has 0 radical (unpaired) electrons. The van der Waals surface area contributed by atoms with Crippen molar-refractivity contribution in [2.45, 2.75) is 33.4 Å². The Labute approximate surface area is 106 Å². The Morgan fingerprint density at radius 2 is 2.11 bits per heavy atom. The summed E-state index contributed by atoms with van der Waals surface area (Å²) in [7, 11) is 0. The molecular formula is C13H17N3O2. The Bertz CT molecular complexity index is 535. The second-order valence-electron chi connectivity index (χ2n) is 4.31. The van der Waals surface area contributed by atoms with Crippen LogP contribution in [-0.2, 0) is 6.61 Å². The average Bonchev–Trinajstić information content (AvgIpc) is 2.80. The van der Waals surface area contributed by atoms with Crippen LogP contribution in [0.25, 0.3) is 0 Å². The smallest absolute Gasteiger partial charge is 0.253 e. The lowest BCUT2D eigenvalue weighted by Gasteiger charge is -2.08. The van der Waals surface area contributed by atoms with E-state index < -0.39 is 0 Å². The molecule has 0 amide bonds. The highest BCUT2D eigenvalue weighted by Crippen LogP contribution is 2.21. The Balaban J connectivity index is 2.04. The number of benzene rings is 1. The highest BCUT2D eigenvalue weighted by molar-refractivity contribution is 5.38. The summed E-state index contributed by atoms with van der Waals surface area (Å²) in [4.78, 5) is 0. The van der Waals surface area contributed by atoms with Crippen LogP contribution in [0.15, 0.2) is 22.6 Å². The monoisotopic (exact) mass is 247 g/mol. The molecule has 0 saturated heterocycles. The topological polar surface area (TPSA) is 74.2 Å². The molecule has 2 aromatic rings. The van der Waals surface area contributed by atoms with Gasteiger partial charge in [-0.15, -0.1) is 10.2 Å². The lowest BCUT2D eigenvalue weighted by molar-refractivity contribution is 0.255. The van der Waals surface area contributed by atoms with Crippen LogP contribution in [0.5, 0.6) is 5.75 Å². The van der Waals surface area contributed by atoms with Crippen molar-refractivity contribution in [3.8, 4) is 5.75 Å². The first kappa shape index (κ1) is 12.6. The van der Waals surface area contributed by atoms with Gasteiger partial charge < -0.3 is 14.9 Å². The maximum Gasteiger partial charge on any atom is 0.253 e. The van der Waals surface area contributed by atoms with Crippen molar-refractivity contribution in [3.05, 3.63) is 41.1 Å². The van der Waals surface area contributed by atoms with Crippen molar-refractivity contribution < 1.29 is 9.15 Å². The van der Waals surface area contributed by atoms with Gasteiger partial charge in [0.25, 0.3) is 5.89 Å². The zero-order chi connectivity index (χ0) is 13.1. The first-order chi connectivity index (χ1) is 8.58. The highest BCUT2D eigenvalue weighted by Gasteiger charge is 2.10. The van der Waals surface area contributed by atoms with E-state index in [1.807, 2.05) is 32.0 Å². The van der Waals surface area contributed by atoms with E-state index >= 15 is 0 Å². The SMILES string of the molecule is Cc1cccc(OCc2nnc(C(C)N)o2)c1C. The maximum atomic E-state index is 5.66. The van der Waals surface area contributed by atoms with E-state index in [9.17, 15) is 0 Å². The summed E-state index contributed by atoms with van der Waals surface area (Å²) in [5.41, 5.74) is 7.95. The van der Waals surface area contributed by atoms with Crippen LogP contribution < -0.4 is 10.5 Å². The third-order valence-corrected chi connectivity index (χ3v) is 2.78. The minimum atomic E-state index is -0.257. The van der Waals surface area contributed by atoms with Crippen LogP contribution >= 0.6 is 0 Å². The Morgan fingerprint density at radius 3 is 2.78 bits per heavy atom. The summed E-state index contributed by atoms with van der Waals surface area (Å²) in [6, 6.07) is 5.67. The van der Waals surface area contributed by atoms with Gasteiger partial charge in [-0.2, -0.15) is 0 Å². The first-order valence-electron chi connectivity index (χ1n) is 5.85. The molecular weight excluding hydrogens is 230 g/mol. The number of nitrogens with two attached hydrogens (primary N) is 1. The third kappa shape index (κ3) is 2.68. The van der Waals surface area contributed by atoms with Crippen molar-refractivity contribution in [2.24, 2.45) is 5.73 Å². The lowest BCUT2D eigenvalue weighted by atomic mass is 10.1. The summed E-state index contributed by atoms with van der Waals surface area (Å²) in [5, 5.41) is 7.73. The fourth-order valence-electron chi connectivity index (χ4n) is 1.53. The average molecular weight is 247 g/mol. The molecule has 18 heavy (non-hydrogen) atoms. The third-order valence-electron chi connectivity index (χ3n) is 2.78. The fourth-order valence-corrected chi connectivity index (χ4v) is 1.53. The second-order valence-corrected chi connectivity index (χ2v) is 4.31. The van der Waals surface area contributed by atoms with Crippen LogP contribution in [0.4, 0.5) is 0 Å². The zero-order valence-electron chi connectivity index (χ0n) is 10.8. The Hall–Kier alpha value is -1.88. The van der Waals surface area contributed by atoms with Gasteiger partial charge in [0, 0.05) is 0 Å². The summed E-state index contributed by atoms with van der Waals surface area (Å²) in [5.74, 6) is 1.69. The number of nitrogens with zero attached hydrogens (tertiary/aromatic N) is 2. The molecule has 5 nitrogen and oxygen atoms in total. The lowest BCUT2D eigenvalue weighted by Crippen LogP contribution is -2.04. The fraction of sp³-hybridized carbons (Fsp3) is 0.385. The molecule has 0 fully saturated rings. The van der Waals surface area contributed by atoms with Gasteiger partial charge in [-0.1, -0.05) is 12.1 Å². The molecule has 0 bridgehead atoms. The van der Waals surface area contributed by atoms with E-state index in [-0.39, 0.29) is 12.6 Å². The normalized spacial score (nSPS) is 12.4. The van der Waals surface area contributed by atoms with E-state index in [2.05, 4.69) is 10.2 Å². The number of rotatable bonds is 4. The number of aromatic nitrogens is 2. The standard InChI is InChI=1S/C13H17N3O2/c1-8-5-4-6-11(9(8)2)17-7-12-15-16-13(18-12)10(3)14/h4-6,10H,7,14H2,1-3H3. The second kappa shape index (κ2) is 5.18. The van der Waals surface area contributed by atoms with Crippen LogP contribution in [0.3, 0.4) is 0 Å². The minimum absolute atomic E-state index is 0.254. The van der Waals surface area contributed by atoms with Crippen LogP contribution in [0.2, 0.25) is 0 Å². The minimum Gasteiger partial charge on any atom is -0.484 e. The first-order valence-corrected chi connectivity index (χ1v) is 5.85. The summed E-state index contributed by atoms with van der Waals surface area (Å²) < 4.78 is 11.0. The van der Waals surface area contributed by atoms with Gasteiger partial charge >= 0.3 is 0 Å². The Morgan fingerprint density at radius 1 is 1.33 bits per heavy atom. The zero-order valence-corrected chi connectivity index (χ0v) is 10.8. The molecule has 1 heterocycles. The molecule has 96 valence electrons. The van der Waals surface area contributed by atoms with Gasteiger partial charge in [-0.05, 0) is 38.0 Å². The van der Waals surface area contributed by atoms with E-state index in [1.165, 1.54) is 5.56 Å². The largest absolute Gasteiger partial charge is 0.484 e. The van der Waals surface area contributed by atoms with Crippen molar-refractivity contribution in [1.29, 1.82) is 0 Å². The molecule has 0 aliphatic heterocycles. The van der Waals surface area contributed by atoms with E-state index in [0.717, 1.165) is 11.3 Å². The van der Waals surface area contributed by atoms with E-state index in [0.29, 0.717) is 11.8 Å². The van der Waals surface area contributed by atoms with Gasteiger partial charge in [0.2, 0.25) is 5.89 Å². The van der Waals surface area contributed by atoms with Crippen molar-refractivity contribution in [2.75, 3.05) is 0 Å². The van der Waals surface area contributed by atoms with Crippen LogP contribution in [0.1, 0.15) is 35.9 Å². The van der Waals surface area contributed by atoms with Gasteiger partial charge in [0.1, 0.15) is 5.75 Å². The van der Waals surface area contributed by atoms with Gasteiger partial charge in [-0.25, -0.2) is 0 Å². The van der Waals surface area contributed by atoms with Gasteiger partial charge in [0.15, 0.2) is 6.61 Å². The predicted octanol–water partition coefficient (Wildman–Crippen LogP) is 2.29. The quantitative estimate of drug-likeness (QED) is 0.897. The molecule has 5 heteroatoms. The summed E-state index contributed by atoms with van der Waals surface area (Å²) in [6.45, 7) is 6.11. The molecule has 2 N–H and O–H groups in total. The molecule has 0 aliphatic carbocycles. The molecule has 1 aromatic heterocycles.